The van der Waals surface area contributed by atoms with Crippen molar-refractivity contribution in [3.8, 4) is 5.75 Å². The predicted octanol–water partition coefficient (Wildman–Crippen LogP) is 2.06. The first kappa shape index (κ1) is 19.1. The minimum Gasteiger partial charge on any atom is -0.493 e. The molecule has 0 spiro atoms. The number of nitrogens with one attached hydrogen (secondary N) is 2. The monoisotopic (exact) mass is 347 g/mol. The Morgan fingerprint density at radius 2 is 2.20 bits per heavy atom. The lowest BCUT2D eigenvalue weighted by Gasteiger charge is -2.12. The maximum Gasteiger partial charge on any atom is 0.307 e. The third kappa shape index (κ3) is 6.64. The number of hydrogen-bond donors (Lipinski definition) is 2. The summed E-state index contributed by atoms with van der Waals surface area (Å²) in [5.41, 5.74) is 2.58. The second-order valence-electron chi connectivity index (χ2n) is 6.27. The van der Waals surface area contributed by atoms with Crippen molar-refractivity contribution in [2.45, 2.75) is 46.1 Å². The molecule has 25 heavy (non-hydrogen) atoms. The molecule has 0 radical (unpaired) electrons. The molecular weight excluding hydrogens is 318 g/mol. The van der Waals surface area contributed by atoms with Crippen LogP contribution in [0.1, 0.15) is 38.3 Å². The standard InChI is InChI=1S/C19H29N3O3/c1-4-20-19(22-11-8-18(23)25-14(2)3)21-10-7-15-5-6-17-16(13-15)9-12-24-17/h5-6,13-14H,4,7-12H2,1-3H3,(H2,20,21,22). The van der Waals surface area contributed by atoms with Crippen LogP contribution in [-0.4, -0.2) is 44.3 Å². The van der Waals surface area contributed by atoms with Crippen molar-refractivity contribution in [2.24, 2.45) is 4.99 Å². The lowest BCUT2D eigenvalue weighted by atomic mass is 10.1. The molecule has 1 aliphatic rings. The molecular formula is C19H29N3O3. The molecule has 0 atom stereocenters. The Hall–Kier alpha value is -2.24. The number of carbonyl (C=O) groups is 1. The van der Waals surface area contributed by atoms with Gasteiger partial charge in [-0.15, -0.1) is 0 Å². The van der Waals surface area contributed by atoms with E-state index in [0.29, 0.717) is 13.0 Å². The molecule has 0 bridgehead atoms. The summed E-state index contributed by atoms with van der Waals surface area (Å²) >= 11 is 0. The second kappa shape index (κ2) is 9.91. The highest BCUT2D eigenvalue weighted by molar-refractivity contribution is 5.80. The normalized spacial score (nSPS) is 13.4. The van der Waals surface area contributed by atoms with Crippen molar-refractivity contribution >= 4 is 11.9 Å². The summed E-state index contributed by atoms with van der Waals surface area (Å²) < 4.78 is 10.6. The summed E-state index contributed by atoms with van der Waals surface area (Å²) in [6, 6.07) is 6.38. The summed E-state index contributed by atoms with van der Waals surface area (Å²) in [5.74, 6) is 1.53. The van der Waals surface area contributed by atoms with Gasteiger partial charge >= 0.3 is 5.97 Å². The summed E-state index contributed by atoms with van der Waals surface area (Å²) in [6.07, 6.45) is 2.11. The number of aliphatic imine (C=N–C) groups is 1. The number of esters is 1. The van der Waals surface area contributed by atoms with E-state index in [4.69, 9.17) is 9.47 Å². The van der Waals surface area contributed by atoms with Gasteiger partial charge in [0.2, 0.25) is 0 Å². The number of fused-ring (bicyclic) bond motifs is 1. The SMILES string of the molecule is CCNC(=NCCC(=O)OC(C)C)NCCc1ccc2c(c1)CCO2. The number of rotatable bonds is 8. The molecule has 6 heteroatoms. The molecule has 6 nitrogen and oxygen atoms in total. The number of ether oxygens (including phenoxy) is 2. The second-order valence-corrected chi connectivity index (χ2v) is 6.27. The van der Waals surface area contributed by atoms with Crippen molar-refractivity contribution in [2.75, 3.05) is 26.2 Å². The third-order valence-corrected chi connectivity index (χ3v) is 3.76. The van der Waals surface area contributed by atoms with Crippen molar-refractivity contribution in [1.82, 2.24) is 10.6 Å². The average molecular weight is 347 g/mol. The fraction of sp³-hybridized carbons (Fsp3) is 0.579. The lowest BCUT2D eigenvalue weighted by molar-refractivity contribution is -0.147. The highest BCUT2D eigenvalue weighted by atomic mass is 16.5. The van der Waals surface area contributed by atoms with E-state index in [9.17, 15) is 4.79 Å². The molecule has 0 saturated heterocycles. The zero-order valence-corrected chi connectivity index (χ0v) is 15.4. The summed E-state index contributed by atoms with van der Waals surface area (Å²) in [4.78, 5) is 16.0. The average Bonchev–Trinajstić information content (AvgIpc) is 3.02. The topological polar surface area (TPSA) is 72.0 Å². The van der Waals surface area contributed by atoms with Crippen molar-refractivity contribution in [3.63, 3.8) is 0 Å². The number of nitrogens with zero attached hydrogens (tertiary/aromatic N) is 1. The first-order valence-electron chi connectivity index (χ1n) is 9.04. The van der Waals surface area contributed by atoms with E-state index in [1.807, 2.05) is 20.8 Å². The Balaban J connectivity index is 1.76. The molecule has 0 aromatic heterocycles. The van der Waals surface area contributed by atoms with E-state index in [-0.39, 0.29) is 12.1 Å². The Bertz CT molecular complexity index is 600. The third-order valence-electron chi connectivity index (χ3n) is 3.76. The summed E-state index contributed by atoms with van der Waals surface area (Å²) in [5, 5.41) is 6.50. The van der Waals surface area contributed by atoms with Gasteiger partial charge in [0.25, 0.3) is 0 Å². The maximum atomic E-state index is 11.5. The van der Waals surface area contributed by atoms with Crippen LogP contribution in [0.4, 0.5) is 0 Å². The molecule has 138 valence electrons. The molecule has 0 unspecified atom stereocenters. The minimum atomic E-state index is -0.213. The van der Waals surface area contributed by atoms with Gasteiger partial charge in [0.05, 0.1) is 25.7 Å². The van der Waals surface area contributed by atoms with Crippen molar-refractivity contribution < 1.29 is 14.3 Å². The smallest absolute Gasteiger partial charge is 0.307 e. The summed E-state index contributed by atoms with van der Waals surface area (Å²) in [6.45, 7) is 8.46. The molecule has 2 N–H and O–H groups in total. The van der Waals surface area contributed by atoms with Crippen LogP contribution < -0.4 is 15.4 Å². The van der Waals surface area contributed by atoms with Crippen LogP contribution in [0.3, 0.4) is 0 Å². The molecule has 0 aliphatic carbocycles. The number of guanidine groups is 1. The van der Waals surface area contributed by atoms with Gasteiger partial charge in [-0.05, 0) is 44.4 Å². The van der Waals surface area contributed by atoms with E-state index in [0.717, 1.165) is 44.2 Å². The van der Waals surface area contributed by atoms with Crippen LogP contribution in [-0.2, 0) is 22.4 Å². The Morgan fingerprint density at radius 1 is 1.36 bits per heavy atom. The largest absolute Gasteiger partial charge is 0.493 e. The van der Waals surface area contributed by atoms with E-state index < -0.39 is 0 Å². The van der Waals surface area contributed by atoms with E-state index in [2.05, 4.69) is 33.8 Å². The molecule has 1 heterocycles. The van der Waals surface area contributed by atoms with Gasteiger partial charge in [0.15, 0.2) is 5.96 Å². The Kier molecular flexibility index (Phi) is 7.57. The van der Waals surface area contributed by atoms with Crippen molar-refractivity contribution in [3.05, 3.63) is 29.3 Å². The molecule has 0 amide bonds. The van der Waals surface area contributed by atoms with E-state index in [1.54, 1.807) is 0 Å². The molecule has 1 aromatic carbocycles. The van der Waals surface area contributed by atoms with E-state index >= 15 is 0 Å². The quantitative estimate of drug-likeness (QED) is 0.428. The maximum absolute atomic E-state index is 11.5. The zero-order chi connectivity index (χ0) is 18.1. The van der Waals surface area contributed by atoms with Crippen molar-refractivity contribution in [1.29, 1.82) is 0 Å². The fourth-order valence-electron chi connectivity index (χ4n) is 2.64. The number of hydrogen-bond acceptors (Lipinski definition) is 4. The van der Waals surface area contributed by atoms with Gasteiger partial charge in [0, 0.05) is 19.5 Å². The van der Waals surface area contributed by atoms with Gasteiger partial charge in [-0.2, -0.15) is 0 Å². The first-order chi connectivity index (χ1) is 12.1. The van der Waals surface area contributed by atoms with Gasteiger partial charge < -0.3 is 20.1 Å². The molecule has 0 fully saturated rings. The molecule has 2 rings (SSSR count). The number of carbonyl (C=O) groups excluding carboxylic acids is 1. The van der Waals surface area contributed by atoms with Crippen LogP contribution in [0.2, 0.25) is 0 Å². The Labute approximate surface area is 150 Å². The molecule has 1 aliphatic heterocycles. The van der Waals surface area contributed by atoms with Gasteiger partial charge in [-0.3, -0.25) is 9.79 Å². The lowest BCUT2D eigenvalue weighted by Crippen LogP contribution is -2.38. The Morgan fingerprint density at radius 3 is 2.96 bits per heavy atom. The minimum absolute atomic E-state index is 0.0828. The van der Waals surface area contributed by atoms with E-state index in [1.165, 1.54) is 11.1 Å². The van der Waals surface area contributed by atoms with Gasteiger partial charge in [0.1, 0.15) is 5.75 Å². The van der Waals surface area contributed by atoms with Crippen LogP contribution in [0, 0.1) is 0 Å². The van der Waals surface area contributed by atoms with Crippen LogP contribution >= 0.6 is 0 Å². The van der Waals surface area contributed by atoms with Gasteiger partial charge in [-0.1, -0.05) is 12.1 Å². The number of benzene rings is 1. The molecule has 0 saturated carbocycles. The van der Waals surface area contributed by atoms with Crippen LogP contribution in [0.15, 0.2) is 23.2 Å². The van der Waals surface area contributed by atoms with Crippen LogP contribution in [0.25, 0.3) is 0 Å². The summed E-state index contributed by atoms with van der Waals surface area (Å²) in [7, 11) is 0. The highest BCUT2D eigenvalue weighted by Crippen LogP contribution is 2.25. The fourth-order valence-corrected chi connectivity index (χ4v) is 2.64. The van der Waals surface area contributed by atoms with Gasteiger partial charge in [-0.25, -0.2) is 0 Å². The zero-order valence-electron chi connectivity index (χ0n) is 15.4. The van der Waals surface area contributed by atoms with Crippen LogP contribution in [0.5, 0.6) is 5.75 Å². The first-order valence-corrected chi connectivity index (χ1v) is 9.04. The predicted molar refractivity (Wildman–Crippen MR) is 99.2 cm³/mol. The highest BCUT2D eigenvalue weighted by Gasteiger charge is 2.11. The molecule has 1 aromatic rings.